The Balaban J connectivity index is 1.57. The van der Waals surface area contributed by atoms with Gasteiger partial charge in [-0.05, 0) is 68.8 Å². The van der Waals surface area contributed by atoms with Crippen LogP contribution < -0.4 is 10.1 Å². The third-order valence-corrected chi connectivity index (χ3v) is 6.31. The molecule has 2 unspecified atom stereocenters. The zero-order chi connectivity index (χ0) is 24.3. The van der Waals surface area contributed by atoms with E-state index in [1.807, 2.05) is 45.0 Å². The number of anilines is 1. The van der Waals surface area contributed by atoms with Crippen LogP contribution in [0.1, 0.15) is 43.6 Å². The van der Waals surface area contributed by atoms with Crippen LogP contribution >= 0.6 is 15.9 Å². The number of nitrogens with one attached hydrogen (secondary N) is 1. The van der Waals surface area contributed by atoms with Crippen LogP contribution in [-0.4, -0.2) is 18.3 Å². The molecule has 1 aliphatic heterocycles. The summed E-state index contributed by atoms with van der Waals surface area (Å²) < 4.78 is 47.2. The van der Waals surface area contributed by atoms with Gasteiger partial charge in [-0.15, -0.1) is 0 Å². The number of benzene rings is 3. The van der Waals surface area contributed by atoms with E-state index in [-0.39, 0.29) is 18.2 Å². The van der Waals surface area contributed by atoms with Crippen LogP contribution in [0, 0.1) is 11.6 Å². The highest BCUT2D eigenvalue weighted by molar-refractivity contribution is 9.10. The lowest BCUT2D eigenvalue weighted by Crippen LogP contribution is -2.51. The summed E-state index contributed by atoms with van der Waals surface area (Å²) in [4.78, 5) is 0. The van der Waals surface area contributed by atoms with Gasteiger partial charge in [-0.1, -0.05) is 34.1 Å². The van der Waals surface area contributed by atoms with Crippen LogP contribution in [0.5, 0.6) is 5.75 Å². The third kappa shape index (κ3) is 5.59. The van der Waals surface area contributed by atoms with Gasteiger partial charge in [0.1, 0.15) is 35.2 Å². The van der Waals surface area contributed by atoms with E-state index >= 15 is 0 Å². The molecule has 3 aromatic carbocycles. The molecule has 7 heteroatoms. The van der Waals surface area contributed by atoms with Crippen molar-refractivity contribution in [1.29, 1.82) is 0 Å². The molecule has 0 bridgehead atoms. The van der Waals surface area contributed by atoms with E-state index in [2.05, 4.69) is 21.2 Å². The highest BCUT2D eigenvalue weighted by Crippen LogP contribution is 2.44. The van der Waals surface area contributed by atoms with E-state index in [1.165, 1.54) is 18.2 Å². The summed E-state index contributed by atoms with van der Waals surface area (Å²) in [5.74, 6) is 0.120. The van der Waals surface area contributed by atoms with Crippen LogP contribution in [0.4, 0.5) is 14.5 Å². The first-order valence-electron chi connectivity index (χ1n) is 11.2. The fraction of sp³-hybridized carbons (Fsp3) is 0.333. The highest BCUT2D eigenvalue weighted by Gasteiger charge is 2.45. The summed E-state index contributed by atoms with van der Waals surface area (Å²) in [6.07, 6.45) is -0.875. The summed E-state index contributed by atoms with van der Waals surface area (Å²) in [5, 5.41) is 3.33. The molecule has 180 valence electrons. The van der Waals surface area contributed by atoms with Gasteiger partial charge in [-0.25, -0.2) is 8.78 Å². The number of rotatable bonds is 8. The Morgan fingerprint density at radius 1 is 1.03 bits per heavy atom. The van der Waals surface area contributed by atoms with Gasteiger partial charge in [-0.3, -0.25) is 0 Å². The lowest BCUT2D eigenvalue weighted by atomic mass is 9.87. The van der Waals surface area contributed by atoms with E-state index in [0.717, 1.165) is 22.6 Å². The second-order valence-corrected chi connectivity index (χ2v) is 9.70. The average molecular weight is 532 g/mol. The largest absolute Gasteiger partial charge is 0.485 e. The molecule has 1 N–H and O–H groups in total. The lowest BCUT2D eigenvalue weighted by Gasteiger charge is -2.44. The molecule has 0 radical (unpaired) electrons. The van der Waals surface area contributed by atoms with Crippen LogP contribution in [0.25, 0.3) is 0 Å². The average Bonchev–Trinajstić information content (AvgIpc) is 2.78. The monoisotopic (exact) mass is 531 g/mol. The first-order chi connectivity index (χ1) is 16.3. The molecule has 0 amide bonds. The predicted octanol–water partition coefficient (Wildman–Crippen LogP) is 7.17. The molecule has 0 spiro atoms. The Kier molecular flexibility index (Phi) is 7.55. The van der Waals surface area contributed by atoms with Crippen LogP contribution in [0.2, 0.25) is 0 Å². The minimum Gasteiger partial charge on any atom is -0.485 e. The van der Waals surface area contributed by atoms with Crippen molar-refractivity contribution in [2.24, 2.45) is 0 Å². The van der Waals surface area contributed by atoms with Crippen LogP contribution in [-0.2, 0) is 22.6 Å². The fourth-order valence-corrected chi connectivity index (χ4v) is 4.49. The van der Waals surface area contributed by atoms with E-state index in [4.69, 9.17) is 14.2 Å². The van der Waals surface area contributed by atoms with Gasteiger partial charge in [0.05, 0.1) is 6.61 Å². The molecular formula is C27H28BrF2NO3. The molecule has 0 aliphatic carbocycles. The molecule has 2 atom stereocenters. The van der Waals surface area contributed by atoms with Gasteiger partial charge in [0.25, 0.3) is 0 Å². The zero-order valence-electron chi connectivity index (χ0n) is 19.4. The molecule has 0 saturated heterocycles. The van der Waals surface area contributed by atoms with Crippen LogP contribution in [0.15, 0.2) is 65.1 Å². The van der Waals surface area contributed by atoms with E-state index in [0.29, 0.717) is 23.2 Å². The normalized spacial score (nSPS) is 18.8. The molecule has 34 heavy (non-hydrogen) atoms. The zero-order valence-corrected chi connectivity index (χ0v) is 21.0. The standard InChI is InChI=1S/C27H28BrF2NO3/c1-4-32-25-22-14-21(31-15-17-6-5-7-20(29)12-17)10-11-24(22)34-27(2,3)26(25)33-16-18-8-9-19(28)13-23(18)30/h5-14,25-26,31H,4,15-16H2,1-3H3. The van der Waals surface area contributed by atoms with Crippen LogP contribution in [0.3, 0.4) is 0 Å². The summed E-state index contributed by atoms with van der Waals surface area (Å²) in [7, 11) is 0. The van der Waals surface area contributed by atoms with Crippen molar-refractivity contribution in [2.75, 3.05) is 11.9 Å². The quantitative estimate of drug-likeness (QED) is 0.334. The Hall–Kier alpha value is -2.48. The van der Waals surface area contributed by atoms with E-state index in [1.54, 1.807) is 18.2 Å². The maximum Gasteiger partial charge on any atom is 0.132 e. The number of halogens is 3. The summed E-state index contributed by atoms with van der Waals surface area (Å²) >= 11 is 3.28. The van der Waals surface area contributed by atoms with Gasteiger partial charge in [0, 0.05) is 34.4 Å². The first-order valence-corrected chi connectivity index (χ1v) is 12.0. The molecule has 0 saturated carbocycles. The first kappa shape index (κ1) is 24.6. The Labute approximate surface area is 207 Å². The fourth-order valence-electron chi connectivity index (χ4n) is 4.16. The van der Waals surface area contributed by atoms with Crippen molar-refractivity contribution in [3.05, 3.63) is 93.5 Å². The van der Waals surface area contributed by atoms with Crippen molar-refractivity contribution in [1.82, 2.24) is 0 Å². The van der Waals surface area contributed by atoms with Gasteiger partial charge in [0.15, 0.2) is 0 Å². The van der Waals surface area contributed by atoms with E-state index < -0.39 is 17.8 Å². The maximum absolute atomic E-state index is 14.4. The minimum absolute atomic E-state index is 0.0903. The Bertz CT molecular complexity index is 1150. The van der Waals surface area contributed by atoms with Crippen molar-refractivity contribution < 1.29 is 23.0 Å². The molecule has 0 fully saturated rings. The lowest BCUT2D eigenvalue weighted by molar-refractivity contribution is -0.166. The van der Waals surface area contributed by atoms with Crippen molar-refractivity contribution in [3.63, 3.8) is 0 Å². The number of ether oxygens (including phenoxy) is 3. The Morgan fingerprint density at radius 3 is 2.59 bits per heavy atom. The molecule has 0 aromatic heterocycles. The third-order valence-electron chi connectivity index (χ3n) is 5.81. The number of hydrogen-bond acceptors (Lipinski definition) is 4. The van der Waals surface area contributed by atoms with Gasteiger partial charge in [0.2, 0.25) is 0 Å². The molecular weight excluding hydrogens is 504 g/mol. The molecule has 4 rings (SSSR count). The van der Waals surface area contributed by atoms with Gasteiger partial charge in [-0.2, -0.15) is 0 Å². The number of hydrogen-bond donors (Lipinski definition) is 1. The van der Waals surface area contributed by atoms with E-state index in [9.17, 15) is 8.78 Å². The molecule has 1 aliphatic rings. The predicted molar refractivity (Wildman–Crippen MR) is 132 cm³/mol. The van der Waals surface area contributed by atoms with Crippen molar-refractivity contribution >= 4 is 21.6 Å². The minimum atomic E-state index is -0.699. The maximum atomic E-state index is 14.4. The molecule has 1 heterocycles. The smallest absolute Gasteiger partial charge is 0.132 e. The topological polar surface area (TPSA) is 39.7 Å². The second kappa shape index (κ2) is 10.4. The Morgan fingerprint density at radius 2 is 1.85 bits per heavy atom. The molecule has 4 nitrogen and oxygen atoms in total. The van der Waals surface area contributed by atoms with Crippen molar-refractivity contribution in [3.8, 4) is 5.75 Å². The SMILES string of the molecule is CCOC1c2cc(NCc3cccc(F)c3)ccc2OC(C)(C)C1OCc1ccc(Br)cc1F. The molecule has 3 aromatic rings. The number of fused-ring (bicyclic) bond motifs is 1. The van der Waals surface area contributed by atoms with Crippen molar-refractivity contribution in [2.45, 2.75) is 51.7 Å². The summed E-state index contributed by atoms with van der Waals surface area (Å²) in [6, 6.07) is 17.2. The van der Waals surface area contributed by atoms with Gasteiger partial charge >= 0.3 is 0 Å². The summed E-state index contributed by atoms with van der Waals surface area (Å²) in [5.41, 5.74) is 2.31. The second-order valence-electron chi connectivity index (χ2n) is 8.78. The highest BCUT2D eigenvalue weighted by atomic mass is 79.9. The summed E-state index contributed by atoms with van der Waals surface area (Å²) in [6.45, 7) is 6.87. The van der Waals surface area contributed by atoms with Gasteiger partial charge < -0.3 is 19.5 Å².